The van der Waals surface area contributed by atoms with Gasteiger partial charge < -0.3 is 0 Å². The van der Waals surface area contributed by atoms with Crippen molar-refractivity contribution in [3.63, 3.8) is 0 Å². The minimum absolute atomic E-state index is 0.0498. The van der Waals surface area contributed by atoms with Crippen molar-refractivity contribution < 1.29 is 4.52 Å². The Morgan fingerprint density at radius 2 is 2.00 bits per heavy atom. The van der Waals surface area contributed by atoms with E-state index < -0.39 is 5.76 Å². The Morgan fingerprint density at radius 1 is 1.20 bits per heavy atom. The van der Waals surface area contributed by atoms with Crippen LogP contribution in [0.15, 0.2) is 68.3 Å². The van der Waals surface area contributed by atoms with Crippen LogP contribution in [0.3, 0.4) is 0 Å². The molecule has 0 aromatic carbocycles. The summed E-state index contributed by atoms with van der Waals surface area (Å²) in [6.07, 6.45) is 22.2. The number of H-pyrrole nitrogens is 1. The van der Waals surface area contributed by atoms with Gasteiger partial charge in [-0.3, -0.25) is 18.9 Å². The molecule has 0 saturated heterocycles. The Bertz CT molecular complexity index is 1620. The lowest BCUT2D eigenvalue weighted by Gasteiger charge is -2.26. The molecule has 3 aromatic heterocycles. The number of fused-ring (bicyclic) bond motifs is 1. The maximum absolute atomic E-state index is 14.2. The summed E-state index contributed by atoms with van der Waals surface area (Å²) in [7, 11) is 0. The number of aromatic amines is 1. The van der Waals surface area contributed by atoms with Crippen LogP contribution >= 0.6 is 0 Å². The van der Waals surface area contributed by atoms with E-state index in [9.17, 15) is 9.59 Å². The van der Waals surface area contributed by atoms with Gasteiger partial charge in [-0.1, -0.05) is 80.8 Å². The quantitative estimate of drug-likeness (QED) is 0.327. The fourth-order valence-corrected chi connectivity index (χ4v) is 5.95. The van der Waals surface area contributed by atoms with Gasteiger partial charge in [0, 0.05) is 23.6 Å². The maximum Gasteiger partial charge on any atom is 0.439 e. The lowest BCUT2D eigenvalue weighted by molar-refractivity contribution is 0.348. The molecule has 0 aliphatic heterocycles. The molecule has 9 heteroatoms. The van der Waals surface area contributed by atoms with E-state index >= 15 is 0 Å². The first-order valence-electron chi connectivity index (χ1n) is 14.4. The summed E-state index contributed by atoms with van der Waals surface area (Å²) >= 11 is 0. The molecule has 3 aromatic rings. The van der Waals surface area contributed by atoms with Gasteiger partial charge >= 0.3 is 5.76 Å². The van der Waals surface area contributed by atoms with Gasteiger partial charge in [0.1, 0.15) is 5.82 Å². The highest BCUT2D eigenvalue weighted by atomic mass is 16.5. The first-order valence-corrected chi connectivity index (χ1v) is 14.4. The molecule has 9 nitrogen and oxygen atoms in total. The predicted molar refractivity (Wildman–Crippen MR) is 156 cm³/mol. The molecule has 0 bridgehead atoms. The molecule has 5 rings (SSSR count). The Kier molecular flexibility index (Phi) is 8.57. The fraction of sp³-hybridized carbons (Fsp3) is 0.452. The highest BCUT2D eigenvalue weighted by molar-refractivity contribution is 5.76. The van der Waals surface area contributed by atoms with Crippen molar-refractivity contribution >= 4 is 11.4 Å². The largest absolute Gasteiger partial charge is 0.439 e. The molecular weight excluding hydrogens is 504 g/mol. The van der Waals surface area contributed by atoms with Gasteiger partial charge in [0.05, 0.1) is 5.69 Å². The lowest BCUT2D eigenvalue weighted by atomic mass is 9.93. The molecule has 0 radical (unpaired) electrons. The third kappa shape index (κ3) is 5.78. The molecule has 0 unspecified atom stereocenters. The summed E-state index contributed by atoms with van der Waals surface area (Å²) in [5.41, 5.74) is 4.73. The van der Waals surface area contributed by atoms with Crippen molar-refractivity contribution in [1.29, 1.82) is 0 Å². The second-order valence-corrected chi connectivity index (χ2v) is 10.6. The molecule has 3 heterocycles. The minimum Gasteiger partial charge on any atom is -0.296 e. The van der Waals surface area contributed by atoms with E-state index in [1.165, 1.54) is 6.42 Å². The average Bonchev–Trinajstić information content (AvgIpc) is 3.56. The average molecular weight is 543 g/mol. The molecule has 0 atom stereocenters. The summed E-state index contributed by atoms with van der Waals surface area (Å²) in [5.74, 6) is 1.24. The lowest BCUT2D eigenvalue weighted by Crippen LogP contribution is -2.33. The monoisotopic (exact) mass is 542 g/mol. The van der Waals surface area contributed by atoms with Crippen LogP contribution in [0.25, 0.3) is 11.4 Å². The van der Waals surface area contributed by atoms with Crippen LogP contribution in [0.1, 0.15) is 93.7 Å². The van der Waals surface area contributed by atoms with Crippen LogP contribution in [0.2, 0.25) is 0 Å². The highest BCUT2D eigenvalue weighted by Gasteiger charge is 2.25. The van der Waals surface area contributed by atoms with E-state index in [0.29, 0.717) is 30.3 Å². The Labute approximate surface area is 233 Å². The number of hydrogen-bond donors (Lipinski definition) is 1. The van der Waals surface area contributed by atoms with Crippen LogP contribution in [-0.2, 0) is 12.8 Å². The van der Waals surface area contributed by atoms with Crippen LogP contribution in [0, 0.1) is 6.92 Å². The van der Waals surface area contributed by atoms with Crippen LogP contribution in [0.4, 0.5) is 0 Å². The molecular formula is C31H38N6O3. The smallest absolute Gasteiger partial charge is 0.296 e. The van der Waals surface area contributed by atoms with E-state index in [-0.39, 0.29) is 11.6 Å². The summed E-state index contributed by atoms with van der Waals surface area (Å²) in [6.45, 7) is 7.94. The zero-order chi connectivity index (χ0) is 28.1. The summed E-state index contributed by atoms with van der Waals surface area (Å²) in [4.78, 5) is 33.1. The van der Waals surface area contributed by atoms with E-state index in [1.807, 2.05) is 22.1 Å². The van der Waals surface area contributed by atoms with Crippen molar-refractivity contribution in [2.24, 2.45) is 0 Å². The number of nitrogens with zero attached hydrogens (tertiary/aromatic N) is 5. The van der Waals surface area contributed by atoms with Crippen LogP contribution < -0.4 is 11.3 Å². The molecule has 2 aliphatic rings. The summed E-state index contributed by atoms with van der Waals surface area (Å²) in [6, 6.07) is 0.149. The third-order valence-corrected chi connectivity index (χ3v) is 7.75. The van der Waals surface area contributed by atoms with E-state index in [1.54, 1.807) is 6.08 Å². The first-order chi connectivity index (χ1) is 19.5. The maximum atomic E-state index is 14.2. The van der Waals surface area contributed by atoms with Crippen molar-refractivity contribution in [1.82, 2.24) is 29.3 Å². The molecule has 0 amide bonds. The van der Waals surface area contributed by atoms with Crippen molar-refractivity contribution in [3.05, 3.63) is 98.0 Å². The third-order valence-electron chi connectivity index (χ3n) is 7.75. The van der Waals surface area contributed by atoms with E-state index in [0.717, 1.165) is 79.3 Å². The zero-order valence-electron chi connectivity index (χ0n) is 23.5. The second kappa shape index (κ2) is 12.4. The number of aromatic nitrogens is 6. The molecule has 1 saturated carbocycles. The number of allylic oxidation sites excluding steroid dienone is 9. The Morgan fingerprint density at radius 3 is 2.73 bits per heavy atom. The molecule has 40 heavy (non-hydrogen) atoms. The fourth-order valence-electron chi connectivity index (χ4n) is 5.95. The zero-order valence-corrected chi connectivity index (χ0v) is 23.5. The Hall–Kier alpha value is -4.01. The highest BCUT2D eigenvalue weighted by Crippen LogP contribution is 2.30. The molecule has 0 spiro atoms. The van der Waals surface area contributed by atoms with Crippen molar-refractivity contribution in [3.8, 4) is 0 Å². The number of nitrogens with one attached hydrogen (secondary N) is 1. The van der Waals surface area contributed by atoms with Gasteiger partial charge in [0.15, 0.2) is 5.82 Å². The first kappa shape index (κ1) is 27.6. The van der Waals surface area contributed by atoms with Gasteiger partial charge in [-0.15, -0.1) is 0 Å². The number of hydrogen-bond acceptors (Lipinski definition) is 6. The van der Waals surface area contributed by atoms with Gasteiger partial charge in [-0.05, 0) is 56.6 Å². The number of aryl methyl sites for hydroxylation is 2. The standard InChI is InChI=1S/C31H38N6O3/c1-4-12-22(14-11-16-23-15-9-10-19-25(23)28-33-31(39)40-35-28)20-26-27(13-5-2)37-30(32-21(3)34-37)36(29(26)38)24-17-7-6-8-18-24/h4,11-12,14-15,19,24H,1,5-10,13,16-18,20H2,2-3H3,(H,33,35,39)/b14-11-,22-12+. The van der Waals surface area contributed by atoms with Gasteiger partial charge in [0.25, 0.3) is 5.56 Å². The normalized spacial score (nSPS) is 17.0. The second-order valence-electron chi connectivity index (χ2n) is 10.6. The Balaban J connectivity index is 1.48. The van der Waals surface area contributed by atoms with Gasteiger partial charge in [-0.2, -0.15) is 10.1 Å². The van der Waals surface area contributed by atoms with Crippen molar-refractivity contribution in [2.45, 2.75) is 90.5 Å². The van der Waals surface area contributed by atoms with Crippen LogP contribution in [-0.4, -0.2) is 29.3 Å². The molecule has 1 fully saturated rings. The summed E-state index contributed by atoms with van der Waals surface area (Å²) in [5, 5.41) is 8.62. The molecule has 1 N–H and O–H groups in total. The van der Waals surface area contributed by atoms with Crippen LogP contribution in [0.5, 0.6) is 0 Å². The SMILES string of the molecule is C=C/C=C(\C=C/CC1=CCCC=C1c1noc(=O)[nH]1)Cc1c(CCC)n2nc(C)nc2n(C2CCCCC2)c1=O. The number of rotatable bonds is 10. The molecule has 210 valence electrons. The minimum atomic E-state index is -0.561. The van der Waals surface area contributed by atoms with E-state index in [2.05, 4.69) is 47.9 Å². The van der Waals surface area contributed by atoms with E-state index in [4.69, 9.17) is 14.6 Å². The molecule has 2 aliphatic carbocycles. The predicted octanol–water partition coefficient (Wildman–Crippen LogP) is 5.74. The van der Waals surface area contributed by atoms with Gasteiger partial charge in [-0.25, -0.2) is 9.31 Å². The summed E-state index contributed by atoms with van der Waals surface area (Å²) < 4.78 is 8.56. The van der Waals surface area contributed by atoms with Crippen molar-refractivity contribution in [2.75, 3.05) is 0 Å². The van der Waals surface area contributed by atoms with Gasteiger partial charge in [0.2, 0.25) is 5.78 Å². The topological polar surface area (TPSA) is 111 Å².